The van der Waals surface area contributed by atoms with Gasteiger partial charge in [-0.25, -0.2) is 16.8 Å². The lowest BCUT2D eigenvalue weighted by molar-refractivity contribution is 0.344. The van der Waals surface area contributed by atoms with Gasteiger partial charge in [-0.2, -0.15) is 4.31 Å². The van der Waals surface area contributed by atoms with E-state index in [2.05, 4.69) is 10.2 Å². The molecular formula is C17H24N4O4S2. The van der Waals surface area contributed by atoms with E-state index < -0.39 is 25.1 Å². The smallest absolute Gasteiger partial charge is 0.249 e. The second-order valence-corrected chi connectivity index (χ2v) is 11.2. The Hall–Kier alpha value is -1.78. The molecular weight excluding hydrogens is 388 g/mol. The predicted molar refractivity (Wildman–Crippen MR) is 101 cm³/mol. The lowest BCUT2D eigenvalue weighted by Gasteiger charge is -2.30. The van der Waals surface area contributed by atoms with Crippen LogP contribution in [0.25, 0.3) is 0 Å². The summed E-state index contributed by atoms with van der Waals surface area (Å²) in [4.78, 5) is 0.238. The van der Waals surface area contributed by atoms with Gasteiger partial charge in [0.15, 0.2) is 0 Å². The summed E-state index contributed by atoms with van der Waals surface area (Å²) in [6, 6.07) is 6.88. The van der Waals surface area contributed by atoms with Crippen LogP contribution in [0, 0.1) is 0 Å². The first-order valence-corrected chi connectivity index (χ1v) is 11.8. The molecule has 0 spiro atoms. The van der Waals surface area contributed by atoms with Crippen LogP contribution in [0.4, 0.5) is 0 Å². The third-order valence-electron chi connectivity index (χ3n) is 4.95. The molecule has 1 saturated heterocycles. The van der Waals surface area contributed by atoms with Crippen LogP contribution in [0.15, 0.2) is 40.6 Å². The highest BCUT2D eigenvalue weighted by atomic mass is 32.2. The second-order valence-electron chi connectivity index (χ2n) is 7.10. The molecule has 8 nitrogen and oxygen atoms in total. The molecule has 0 aliphatic carbocycles. The number of nitrogens with zero attached hydrogens (tertiary/aromatic N) is 4. The molecule has 3 rings (SSSR count). The zero-order valence-electron chi connectivity index (χ0n) is 15.6. The predicted octanol–water partition coefficient (Wildman–Crippen LogP) is 1.57. The number of aromatic nitrogens is 3. The Labute approximate surface area is 160 Å². The summed E-state index contributed by atoms with van der Waals surface area (Å²) in [6.07, 6.45) is 1.81. The normalized spacial score (nSPS) is 17.5. The molecule has 0 unspecified atom stereocenters. The Morgan fingerprint density at radius 2 is 1.63 bits per heavy atom. The number of rotatable bonds is 5. The van der Waals surface area contributed by atoms with Crippen molar-refractivity contribution in [3.8, 4) is 0 Å². The van der Waals surface area contributed by atoms with Gasteiger partial charge in [-0.3, -0.25) is 0 Å². The molecule has 1 aliphatic rings. The first kappa shape index (κ1) is 20.0. The van der Waals surface area contributed by atoms with Crippen molar-refractivity contribution in [2.45, 2.75) is 47.9 Å². The van der Waals surface area contributed by atoms with Crippen molar-refractivity contribution in [2.75, 3.05) is 13.1 Å². The van der Waals surface area contributed by atoms with E-state index >= 15 is 0 Å². The molecule has 1 aromatic heterocycles. The Bertz CT molecular complexity index is 1000. The highest BCUT2D eigenvalue weighted by Gasteiger charge is 2.37. The fraction of sp³-hybridized carbons (Fsp3) is 0.529. The lowest BCUT2D eigenvalue weighted by Crippen LogP contribution is -2.42. The molecule has 27 heavy (non-hydrogen) atoms. The third kappa shape index (κ3) is 3.78. The van der Waals surface area contributed by atoms with E-state index in [0.29, 0.717) is 5.92 Å². The van der Waals surface area contributed by atoms with E-state index in [1.807, 2.05) is 26.0 Å². The molecule has 1 aliphatic heterocycles. The molecule has 0 N–H and O–H groups in total. The fourth-order valence-corrected chi connectivity index (χ4v) is 6.44. The van der Waals surface area contributed by atoms with Crippen LogP contribution in [-0.2, 0) is 26.9 Å². The van der Waals surface area contributed by atoms with Crippen molar-refractivity contribution in [1.82, 2.24) is 19.1 Å². The number of sulfone groups is 1. The lowest BCUT2D eigenvalue weighted by atomic mass is 10.0. The van der Waals surface area contributed by atoms with Crippen molar-refractivity contribution in [3.63, 3.8) is 0 Å². The largest absolute Gasteiger partial charge is 0.308 e. The van der Waals surface area contributed by atoms with Crippen LogP contribution in [-0.4, -0.2) is 54.2 Å². The van der Waals surface area contributed by atoms with Crippen LogP contribution in [0.5, 0.6) is 0 Å². The summed E-state index contributed by atoms with van der Waals surface area (Å²) >= 11 is 0. The molecule has 0 radical (unpaired) electrons. The van der Waals surface area contributed by atoms with Crippen LogP contribution < -0.4 is 0 Å². The minimum Gasteiger partial charge on any atom is -0.308 e. The average molecular weight is 413 g/mol. The van der Waals surface area contributed by atoms with Gasteiger partial charge in [-0.15, -0.1) is 10.2 Å². The van der Waals surface area contributed by atoms with E-state index in [4.69, 9.17) is 0 Å². The molecule has 0 atom stereocenters. The van der Waals surface area contributed by atoms with E-state index in [0.717, 1.165) is 5.56 Å². The minimum absolute atomic E-state index is 0.0759. The maximum Gasteiger partial charge on any atom is 0.249 e. The minimum atomic E-state index is -3.63. The van der Waals surface area contributed by atoms with Crippen LogP contribution in [0.3, 0.4) is 0 Å². The van der Waals surface area contributed by atoms with E-state index in [1.54, 1.807) is 19.2 Å². The Balaban J connectivity index is 1.74. The first-order chi connectivity index (χ1) is 12.6. The van der Waals surface area contributed by atoms with Crippen molar-refractivity contribution in [3.05, 3.63) is 36.2 Å². The van der Waals surface area contributed by atoms with Crippen molar-refractivity contribution in [1.29, 1.82) is 0 Å². The van der Waals surface area contributed by atoms with Crippen LogP contribution >= 0.6 is 0 Å². The van der Waals surface area contributed by atoms with Gasteiger partial charge in [0.25, 0.3) is 0 Å². The van der Waals surface area contributed by atoms with Crippen molar-refractivity contribution < 1.29 is 16.8 Å². The van der Waals surface area contributed by atoms with Gasteiger partial charge in [0.1, 0.15) is 6.33 Å². The van der Waals surface area contributed by atoms with Crippen molar-refractivity contribution >= 4 is 19.9 Å². The molecule has 0 amide bonds. The maximum absolute atomic E-state index is 12.9. The Morgan fingerprint density at radius 1 is 1.04 bits per heavy atom. The monoisotopic (exact) mass is 412 g/mol. The zero-order valence-corrected chi connectivity index (χ0v) is 17.2. The summed E-state index contributed by atoms with van der Waals surface area (Å²) in [6.45, 7) is 4.42. The van der Waals surface area contributed by atoms with Gasteiger partial charge in [-0.05, 0) is 36.5 Å². The summed E-state index contributed by atoms with van der Waals surface area (Å²) in [7, 11) is -5.68. The molecule has 10 heteroatoms. The molecule has 148 valence electrons. The number of sulfonamides is 1. The van der Waals surface area contributed by atoms with Crippen LogP contribution in [0.2, 0.25) is 0 Å². The van der Waals surface area contributed by atoms with E-state index in [9.17, 15) is 16.8 Å². The molecule has 2 heterocycles. The number of benzene rings is 1. The van der Waals surface area contributed by atoms with Gasteiger partial charge in [0.2, 0.25) is 25.0 Å². The summed E-state index contributed by atoms with van der Waals surface area (Å²) in [5.74, 6) is 0.323. The topological polar surface area (TPSA) is 102 Å². The van der Waals surface area contributed by atoms with Gasteiger partial charge in [0, 0.05) is 20.1 Å². The molecule has 1 aromatic carbocycles. The molecule has 0 saturated carbocycles. The average Bonchev–Trinajstić information content (AvgIpc) is 3.08. The fourth-order valence-electron chi connectivity index (χ4n) is 3.24. The number of piperidine rings is 1. The van der Waals surface area contributed by atoms with Gasteiger partial charge in [-0.1, -0.05) is 26.0 Å². The first-order valence-electron chi connectivity index (χ1n) is 8.82. The molecule has 0 bridgehead atoms. The SMILES string of the molecule is CC(C)c1ccc(S(=O)(=O)N2CCC(S(=O)(=O)c3nncn3C)CC2)cc1. The number of hydrogen-bond donors (Lipinski definition) is 0. The Kier molecular flexibility index (Phi) is 5.42. The van der Waals surface area contributed by atoms with Crippen molar-refractivity contribution in [2.24, 2.45) is 7.05 Å². The number of hydrogen-bond acceptors (Lipinski definition) is 6. The van der Waals surface area contributed by atoms with Gasteiger partial charge in [0.05, 0.1) is 10.1 Å². The van der Waals surface area contributed by atoms with E-state index in [-0.39, 0.29) is 36.0 Å². The standard InChI is InChI=1S/C17H24N4O4S2/c1-13(2)14-4-6-16(7-5-14)27(24,25)21-10-8-15(9-11-21)26(22,23)17-19-18-12-20(17)3/h4-7,12-13,15H,8-11H2,1-3H3. The van der Waals surface area contributed by atoms with Crippen LogP contribution in [0.1, 0.15) is 38.2 Å². The second kappa shape index (κ2) is 7.33. The summed E-state index contributed by atoms with van der Waals surface area (Å²) in [5, 5.41) is 6.58. The highest BCUT2D eigenvalue weighted by molar-refractivity contribution is 7.92. The maximum atomic E-state index is 12.9. The van der Waals surface area contributed by atoms with E-state index in [1.165, 1.54) is 15.2 Å². The number of aryl methyl sites for hydroxylation is 1. The van der Waals surface area contributed by atoms with Gasteiger partial charge < -0.3 is 4.57 Å². The summed E-state index contributed by atoms with van der Waals surface area (Å²) < 4.78 is 53.9. The molecule has 2 aromatic rings. The summed E-state index contributed by atoms with van der Waals surface area (Å²) in [5.41, 5.74) is 1.07. The zero-order chi connectivity index (χ0) is 19.8. The quantitative estimate of drug-likeness (QED) is 0.739. The molecule has 1 fully saturated rings. The highest BCUT2D eigenvalue weighted by Crippen LogP contribution is 2.27. The Morgan fingerprint density at radius 3 is 2.11 bits per heavy atom. The third-order valence-corrected chi connectivity index (χ3v) is 9.09. The van der Waals surface area contributed by atoms with Gasteiger partial charge >= 0.3 is 0 Å².